The van der Waals surface area contributed by atoms with Crippen molar-refractivity contribution in [3.8, 4) is 0 Å². The molecule has 20 heavy (non-hydrogen) atoms. The fraction of sp³-hybridized carbons (Fsp3) is 1.00. The predicted octanol–water partition coefficient (Wildman–Crippen LogP) is 3.90. The van der Waals surface area contributed by atoms with Crippen LogP contribution in [-0.2, 0) is 0 Å². The van der Waals surface area contributed by atoms with Gasteiger partial charge in [-0.25, -0.2) is 0 Å². The molecule has 2 heteroatoms. The second kappa shape index (κ2) is 7.79. The summed E-state index contributed by atoms with van der Waals surface area (Å²) in [5, 5.41) is 0. The van der Waals surface area contributed by atoms with Crippen LogP contribution in [0.4, 0.5) is 0 Å². The normalized spacial score (nSPS) is 40.5. The molecule has 1 aliphatic carbocycles. The molecule has 0 amide bonds. The molecule has 5 atom stereocenters. The van der Waals surface area contributed by atoms with Crippen molar-refractivity contribution in [3.63, 3.8) is 0 Å². The SMILES string of the molecule is CCCC1CCCN(CC2C(C)CC(C)CC2N)CC1. The Hall–Kier alpha value is -0.0800. The van der Waals surface area contributed by atoms with Gasteiger partial charge in [0.2, 0.25) is 0 Å². The second-order valence-electron chi connectivity index (χ2n) is 7.77. The van der Waals surface area contributed by atoms with Crippen LogP contribution < -0.4 is 5.73 Å². The Morgan fingerprint density at radius 2 is 1.90 bits per heavy atom. The maximum absolute atomic E-state index is 6.46. The van der Waals surface area contributed by atoms with Crippen molar-refractivity contribution in [1.29, 1.82) is 0 Å². The summed E-state index contributed by atoms with van der Waals surface area (Å²) in [6.45, 7) is 11.0. The highest BCUT2D eigenvalue weighted by atomic mass is 15.1. The van der Waals surface area contributed by atoms with Gasteiger partial charge in [-0.05, 0) is 68.9 Å². The molecule has 1 saturated heterocycles. The van der Waals surface area contributed by atoms with Gasteiger partial charge in [0.1, 0.15) is 0 Å². The van der Waals surface area contributed by atoms with Crippen LogP contribution in [0.3, 0.4) is 0 Å². The van der Waals surface area contributed by atoms with Gasteiger partial charge in [-0.2, -0.15) is 0 Å². The predicted molar refractivity (Wildman–Crippen MR) is 87.7 cm³/mol. The zero-order valence-electron chi connectivity index (χ0n) is 14.0. The molecule has 1 heterocycles. The zero-order valence-corrected chi connectivity index (χ0v) is 14.0. The van der Waals surface area contributed by atoms with E-state index in [1.807, 2.05) is 0 Å². The fourth-order valence-corrected chi connectivity index (χ4v) is 4.68. The number of rotatable bonds is 4. The Balaban J connectivity index is 1.83. The Morgan fingerprint density at radius 3 is 2.60 bits per heavy atom. The average molecular weight is 281 g/mol. The van der Waals surface area contributed by atoms with Gasteiger partial charge in [0, 0.05) is 12.6 Å². The maximum atomic E-state index is 6.46. The van der Waals surface area contributed by atoms with Crippen LogP contribution in [0.5, 0.6) is 0 Å². The van der Waals surface area contributed by atoms with Crippen LogP contribution in [0, 0.1) is 23.7 Å². The Bertz CT molecular complexity index is 267. The van der Waals surface area contributed by atoms with Crippen LogP contribution in [0.15, 0.2) is 0 Å². The number of nitrogens with zero attached hydrogens (tertiary/aromatic N) is 1. The van der Waals surface area contributed by atoms with Gasteiger partial charge in [0.05, 0.1) is 0 Å². The van der Waals surface area contributed by atoms with E-state index in [0.717, 1.165) is 23.7 Å². The number of hydrogen-bond acceptors (Lipinski definition) is 2. The Morgan fingerprint density at radius 1 is 1.10 bits per heavy atom. The van der Waals surface area contributed by atoms with E-state index in [9.17, 15) is 0 Å². The molecular formula is C18H36N2. The monoisotopic (exact) mass is 280 g/mol. The largest absolute Gasteiger partial charge is 0.327 e. The Labute approximate surface area is 126 Å². The van der Waals surface area contributed by atoms with Gasteiger partial charge in [0.25, 0.3) is 0 Å². The average Bonchev–Trinajstić information content (AvgIpc) is 2.60. The quantitative estimate of drug-likeness (QED) is 0.846. The molecule has 5 unspecified atom stereocenters. The van der Waals surface area contributed by atoms with Gasteiger partial charge >= 0.3 is 0 Å². The first kappa shape index (κ1) is 16.3. The van der Waals surface area contributed by atoms with Crippen LogP contribution in [0.25, 0.3) is 0 Å². The lowest BCUT2D eigenvalue weighted by molar-refractivity contribution is 0.119. The van der Waals surface area contributed by atoms with Crippen molar-refractivity contribution >= 4 is 0 Å². The minimum Gasteiger partial charge on any atom is -0.327 e. The molecule has 0 radical (unpaired) electrons. The molecule has 1 saturated carbocycles. The summed E-state index contributed by atoms with van der Waals surface area (Å²) in [6, 6.07) is 0.434. The highest BCUT2D eigenvalue weighted by Crippen LogP contribution is 2.34. The second-order valence-corrected chi connectivity index (χ2v) is 7.77. The van der Waals surface area contributed by atoms with Gasteiger partial charge in [-0.3, -0.25) is 0 Å². The van der Waals surface area contributed by atoms with Crippen LogP contribution >= 0.6 is 0 Å². The van der Waals surface area contributed by atoms with E-state index in [-0.39, 0.29) is 0 Å². The first-order chi connectivity index (χ1) is 9.60. The summed E-state index contributed by atoms with van der Waals surface area (Å²) in [5.74, 6) is 3.36. The molecule has 118 valence electrons. The molecule has 0 aromatic rings. The van der Waals surface area contributed by atoms with E-state index in [1.165, 1.54) is 64.6 Å². The van der Waals surface area contributed by atoms with Crippen molar-refractivity contribution in [3.05, 3.63) is 0 Å². The number of likely N-dealkylation sites (tertiary alicyclic amines) is 1. The molecule has 2 nitrogen and oxygen atoms in total. The van der Waals surface area contributed by atoms with Crippen molar-refractivity contribution in [2.24, 2.45) is 29.4 Å². The summed E-state index contributed by atoms with van der Waals surface area (Å²) in [5.41, 5.74) is 6.46. The van der Waals surface area contributed by atoms with Crippen molar-refractivity contribution < 1.29 is 0 Å². The molecule has 0 bridgehead atoms. The molecule has 2 aliphatic rings. The van der Waals surface area contributed by atoms with E-state index >= 15 is 0 Å². The smallest absolute Gasteiger partial charge is 0.00844 e. The first-order valence-electron chi connectivity index (χ1n) is 9.08. The molecule has 0 aromatic carbocycles. The molecular weight excluding hydrogens is 244 g/mol. The summed E-state index contributed by atoms with van der Waals surface area (Å²) in [4.78, 5) is 2.73. The van der Waals surface area contributed by atoms with Crippen molar-refractivity contribution in [2.45, 2.75) is 71.8 Å². The lowest BCUT2D eigenvalue weighted by Gasteiger charge is -2.40. The van der Waals surface area contributed by atoms with Crippen LogP contribution in [0.1, 0.15) is 65.7 Å². The van der Waals surface area contributed by atoms with Crippen molar-refractivity contribution in [2.75, 3.05) is 19.6 Å². The Kier molecular flexibility index (Phi) is 6.35. The lowest BCUT2D eigenvalue weighted by Crippen LogP contribution is -2.46. The van der Waals surface area contributed by atoms with Gasteiger partial charge in [0.15, 0.2) is 0 Å². The number of hydrogen-bond donors (Lipinski definition) is 1. The molecule has 2 fully saturated rings. The number of nitrogens with two attached hydrogens (primary N) is 1. The van der Waals surface area contributed by atoms with Crippen molar-refractivity contribution in [1.82, 2.24) is 4.90 Å². The third-order valence-corrected chi connectivity index (χ3v) is 5.84. The summed E-state index contributed by atoms with van der Waals surface area (Å²) >= 11 is 0. The first-order valence-corrected chi connectivity index (χ1v) is 9.08. The third kappa shape index (κ3) is 4.46. The minimum absolute atomic E-state index is 0.434. The summed E-state index contributed by atoms with van der Waals surface area (Å²) in [6.07, 6.45) is 9.68. The highest BCUT2D eigenvalue weighted by molar-refractivity contribution is 4.87. The van der Waals surface area contributed by atoms with Gasteiger partial charge in [-0.1, -0.05) is 33.6 Å². The molecule has 1 aliphatic heterocycles. The minimum atomic E-state index is 0.434. The van der Waals surface area contributed by atoms with E-state index < -0.39 is 0 Å². The molecule has 0 spiro atoms. The fourth-order valence-electron chi connectivity index (χ4n) is 4.68. The topological polar surface area (TPSA) is 29.3 Å². The molecule has 2 rings (SSSR count). The summed E-state index contributed by atoms with van der Waals surface area (Å²) in [7, 11) is 0. The van der Waals surface area contributed by atoms with Crippen LogP contribution in [-0.4, -0.2) is 30.6 Å². The third-order valence-electron chi connectivity index (χ3n) is 5.84. The van der Waals surface area contributed by atoms with Crippen LogP contribution in [0.2, 0.25) is 0 Å². The van der Waals surface area contributed by atoms with E-state index in [0.29, 0.717) is 6.04 Å². The standard InChI is InChI=1S/C18H36N2/c1-4-6-16-7-5-9-20(10-8-16)13-17-15(3)11-14(2)12-18(17)19/h14-18H,4-13,19H2,1-3H3. The zero-order chi connectivity index (χ0) is 14.5. The summed E-state index contributed by atoms with van der Waals surface area (Å²) < 4.78 is 0. The van der Waals surface area contributed by atoms with E-state index in [4.69, 9.17) is 5.73 Å². The van der Waals surface area contributed by atoms with E-state index in [2.05, 4.69) is 25.7 Å². The molecule has 0 aromatic heterocycles. The van der Waals surface area contributed by atoms with E-state index in [1.54, 1.807) is 0 Å². The maximum Gasteiger partial charge on any atom is 0.00844 e. The highest BCUT2D eigenvalue weighted by Gasteiger charge is 2.33. The molecule has 2 N–H and O–H groups in total. The van der Waals surface area contributed by atoms with Gasteiger partial charge in [-0.15, -0.1) is 0 Å². The lowest BCUT2D eigenvalue weighted by atomic mass is 9.72. The van der Waals surface area contributed by atoms with Gasteiger partial charge < -0.3 is 10.6 Å².